The van der Waals surface area contributed by atoms with Crippen molar-refractivity contribution in [2.45, 2.75) is 52.5 Å². The molecule has 0 aliphatic carbocycles. The number of rotatable bonds is 8. The van der Waals surface area contributed by atoms with E-state index in [0.29, 0.717) is 25.6 Å². The molecular formula is C27H37N3O4. The summed E-state index contributed by atoms with van der Waals surface area (Å²) in [4.78, 5) is 27.2. The van der Waals surface area contributed by atoms with E-state index >= 15 is 0 Å². The number of ether oxygens (including phenoxy) is 2. The van der Waals surface area contributed by atoms with Crippen molar-refractivity contribution in [2.24, 2.45) is 5.92 Å². The quantitative estimate of drug-likeness (QED) is 0.497. The molecule has 2 amide bonds. The molecule has 1 saturated heterocycles. The first-order valence-corrected chi connectivity index (χ1v) is 12.0. The zero-order chi connectivity index (χ0) is 24.7. The van der Waals surface area contributed by atoms with Gasteiger partial charge in [-0.2, -0.15) is 0 Å². The van der Waals surface area contributed by atoms with E-state index in [9.17, 15) is 9.59 Å². The van der Waals surface area contributed by atoms with Crippen molar-refractivity contribution < 1.29 is 19.1 Å². The summed E-state index contributed by atoms with van der Waals surface area (Å²) in [6, 6.07) is 13.7. The Hall–Kier alpha value is -3.06. The van der Waals surface area contributed by atoms with Crippen molar-refractivity contribution in [3.63, 3.8) is 0 Å². The highest BCUT2D eigenvalue weighted by Crippen LogP contribution is 2.35. The van der Waals surface area contributed by atoms with Crippen LogP contribution in [-0.2, 0) is 14.3 Å². The molecule has 7 nitrogen and oxygen atoms in total. The smallest absolute Gasteiger partial charge is 0.323 e. The summed E-state index contributed by atoms with van der Waals surface area (Å²) in [5.41, 5.74) is 4.53. The van der Waals surface area contributed by atoms with E-state index in [4.69, 9.17) is 9.47 Å². The monoisotopic (exact) mass is 467 g/mol. The number of esters is 1. The van der Waals surface area contributed by atoms with Gasteiger partial charge in [-0.25, -0.2) is 4.79 Å². The third-order valence-corrected chi connectivity index (χ3v) is 6.43. The molecule has 0 aromatic heterocycles. The molecule has 34 heavy (non-hydrogen) atoms. The lowest BCUT2D eigenvalue weighted by Crippen LogP contribution is -2.48. The Labute approximate surface area is 202 Å². The molecule has 2 N–H and O–H groups in total. The highest BCUT2D eigenvalue weighted by Gasteiger charge is 2.28. The number of urea groups is 1. The number of aryl methyl sites for hydroxylation is 1. The number of benzene rings is 2. The minimum atomic E-state index is -0.308. The average molecular weight is 468 g/mol. The fourth-order valence-electron chi connectivity index (χ4n) is 4.34. The Balaban J connectivity index is 1.93. The molecule has 7 heteroatoms. The molecule has 0 bridgehead atoms. The van der Waals surface area contributed by atoms with Gasteiger partial charge in [0.05, 0.1) is 44.2 Å². The topological polar surface area (TPSA) is 79.9 Å². The van der Waals surface area contributed by atoms with Gasteiger partial charge in [0.1, 0.15) is 0 Å². The molecule has 1 unspecified atom stereocenters. The third-order valence-electron chi connectivity index (χ3n) is 6.43. The number of hydrogen-bond donors (Lipinski definition) is 2. The summed E-state index contributed by atoms with van der Waals surface area (Å²) >= 11 is 0. The lowest BCUT2D eigenvalue weighted by molar-refractivity contribution is -0.141. The summed E-state index contributed by atoms with van der Waals surface area (Å²) in [5.74, 6) is 0.153. The summed E-state index contributed by atoms with van der Waals surface area (Å²) in [5, 5.41) is 5.99. The predicted octanol–water partition coefficient (Wildman–Crippen LogP) is 5.56. The van der Waals surface area contributed by atoms with Crippen LogP contribution in [0.25, 0.3) is 0 Å². The maximum absolute atomic E-state index is 13.0. The molecule has 1 heterocycles. The molecule has 2 aromatic rings. The lowest BCUT2D eigenvalue weighted by atomic mass is 9.92. The maximum atomic E-state index is 13.0. The first-order valence-electron chi connectivity index (χ1n) is 12.0. The normalized spacial score (nSPS) is 16.8. The van der Waals surface area contributed by atoms with E-state index in [2.05, 4.69) is 48.4 Å². The number of amides is 2. The van der Waals surface area contributed by atoms with Crippen LogP contribution in [0, 0.1) is 12.8 Å². The molecule has 0 radical (unpaired) electrons. The predicted molar refractivity (Wildman–Crippen MR) is 137 cm³/mol. The number of morpholine rings is 1. The molecular weight excluding hydrogens is 430 g/mol. The summed E-state index contributed by atoms with van der Waals surface area (Å²) < 4.78 is 10.6. The molecule has 1 fully saturated rings. The second-order valence-electron chi connectivity index (χ2n) is 9.19. The van der Waals surface area contributed by atoms with Gasteiger partial charge in [-0.1, -0.05) is 44.5 Å². The first kappa shape index (κ1) is 25.6. The van der Waals surface area contributed by atoms with Gasteiger partial charge in [-0.05, 0) is 55.0 Å². The van der Waals surface area contributed by atoms with Gasteiger partial charge in [0.15, 0.2) is 0 Å². The zero-order valence-corrected chi connectivity index (χ0v) is 20.9. The first-order chi connectivity index (χ1) is 16.3. The van der Waals surface area contributed by atoms with Crippen molar-refractivity contribution in [1.82, 2.24) is 0 Å². The Bertz CT molecular complexity index is 974. The van der Waals surface area contributed by atoms with Gasteiger partial charge in [-0.3, -0.25) is 4.79 Å². The largest absolute Gasteiger partial charge is 0.469 e. The molecule has 2 atom stereocenters. The molecule has 1 aliphatic rings. The highest BCUT2D eigenvalue weighted by molar-refractivity contribution is 6.02. The van der Waals surface area contributed by atoms with E-state index in [1.807, 2.05) is 37.3 Å². The van der Waals surface area contributed by atoms with Crippen LogP contribution in [0.2, 0.25) is 0 Å². The van der Waals surface area contributed by atoms with Gasteiger partial charge in [0.25, 0.3) is 0 Å². The number of methoxy groups -OCH3 is 1. The van der Waals surface area contributed by atoms with Crippen LogP contribution in [0.5, 0.6) is 0 Å². The van der Waals surface area contributed by atoms with Crippen molar-refractivity contribution >= 4 is 29.1 Å². The second-order valence-corrected chi connectivity index (χ2v) is 9.19. The number of carbonyl (C=O) groups is 2. The molecule has 184 valence electrons. The van der Waals surface area contributed by atoms with Crippen molar-refractivity contribution in [1.29, 1.82) is 0 Å². The fourth-order valence-corrected chi connectivity index (χ4v) is 4.34. The van der Waals surface area contributed by atoms with Gasteiger partial charge in [0.2, 0.25) is 0 Å². The zero-order valence-electron chi connectivity index (χ0n) is 20.9. The molecule has 3 rings (SSSR count). The molecule has 2 aromatic carbocycles. The minimum absolute atomic E-state index is 0.00722. The summed E-state index contributed by atoms with van der Waals surface area (Å²) in [6.45, 7) is 10.5. The number of carbonyl (C=O) groups excluding carboxylic acids is 2. The van der Waals surface area contributed by atoms with Crippen LogP contribution in [0.15, 0.2) is 42.5 Å². The fraction of sp³-hybridized carbons (Fsp3) is 0.481. The second kappa shape index (κ2) is 11.9. The van der Waals surface area contributed by atoms with Crippen LogP contribution in [0.4, 0.5) is 21.9 Å². The van der Waals surface area contributed by atoms with Gasteiger partial charge >= 0.3 is 12.0 Å². The number of anilines is 3. The number of nitrogens with zero attached hydrogens (tertiary/aromatic N) is 1. The molecule has 0 spiro atoms. The average Bonchev–Trinajstić information content (AvgIpc) is 2.83. The van der Waals surface area contributed by atoms with E-state index in [1.54, 1.807) is 0 Å². The lowest BCUT2D eigenvalue weighted by Gasteiger charge is -2.40. The standard InChI is InChI=1S/C27H37N3O4/c1-6-20(16-26(31)33-5)21-9-12-24(30-13-14-34-17-25(30)18(2)3)23(15-21)29-27(32)28-22-10-7-19(4)8-11-22/h7-12,15,18,20,25H,6,13-14,16-17H2,1-5H3,(H2,28,29,32)/t20?,25-/m0/s1. The van der Waals surface area contributed by atoms with Crippen molar-refractivity contribution in [3.05, 3.63) is 53.6 Å². The summed E-state index contributed by atoms with van der Waals surface area (Å²) in [6.07, 6.45) is 1.09. The van der Waals surface area contributed by atoms with Gasteiger partial charge < -0.3 is 25.0 Å². The van der Waals surface area contributed by atoms with E-state index in [1.165, 1.54) is 7.11 Å². The van der Waals surface area contributed by atoms with Crippen LogP contribution >= 0.6 is 0 Å². The number of hydrogen-bond acceptors (Lipinski definition) is 5. The van der Waals surface area contributed by atoms with E-state index in [-0.39, 0.29) is 24.0 Å². The number of nitrogens with one attached hydrogen (secondary N) is 2. The Morgan fingerprint density at radius 2 is 1.88 bits per heavy atom. The van der Waals surface area contributed by atoms with Crippen LogP contribution in [0.3, 0.4) is 0 Å². The Kier molecular flexibility index (Phi) is 8.93. The molecule has 1 aliphatic heterocycles. The molecule has 0 saturated carbocycles. The Morgan fingerprint density at radius 3 is 2.53 bits per heavy atom. The van der Waals surface area contributed by atoms with Crippen molar-refractivity contribution in [3.8, 4) is 0 Å². The van der Waals surface area contributed by atoms with Crippen LogP contribution < -0.4 is 15.5 Å². The Morgan fingerprint density at radius 1 is 1.15 bits per heavy atom. The summed E-state index contributed by atoms with van der Waals surface area (Å²) in [7, 11) is 1.41. The minimum Gasteiger partial charge on any atom is -0.469 e. The maximum Gasteiger partial charge on any atom is 0.323 e. The van der Waals surface area contributed by atoms with Crippen LogP contribution in [-0.4, -0.2) is 44.9 Å². The highest BCUT2D eigenvalue weighted by atomic mass is 16.5. The third kappa shape index (κ3) is 6.50. The van der Waals surface area contributed by atoms with E-state index in [0.717, 1.165) is 41.2 Å². The van der Waals surface area contributed by atoms with Crippen molar-refractivity contribution in [2.75, 3.05) is 42.4 Å². The van der Waals surface area contributed by atoms with E-state index < -0.39 is 0 Å². The van der Waals surface area contributed by atoms with Gasteiger partial charge in [-0.15, -0.1) is 0 Å². The van der Waals surface area contributed by atoms with Gasteiger partial charge in [0, 0.05) is 12.2 Å². The SMILES string of the molecule is CCC(CC(=O)OC)c1ccc(N2CCOC[C@H]2C(C)C)c(NC(=O)Nc2ccc(C)cc2)c1. The van der Waals surface area contributed by atoms with Crippen LogP contribution in [0.1, 0.15) is 50.7 Å².